The lowest BCUT2D eigenvalue weighted by atomic mass is 10.0. The molecule has 1 amide bonds. The Kier molecular flexibility index (Phi) is 6.54. The highest BCUT2D eigenvalue weighted by atomic mass is 16.5. The number of nitrogens with zero attached hydrogens (tertiary/aromatic N) is 4. The zero-order chi connectivity index (χ0) is 15.8. The fourth-order valence-corrected chi connectivity index (χ4v) is 2.64. The van der Waals surface area contributed by atoms with Crippen LogP contribution in [0, 0.1) is 0 Å². The quantitative estimate of drug-likeness (QED) is 0.723. The molecule has 2 rings (SSSR count). The van der Waals surface area contributed by atoms with Crippen LogP contribution in [0.15, 0.2) is 18.3 Å². The van der Waals surface area contributed by atoms with E-state index in [1.165, 1.54) is 0 Å². The van der Waals surface area contributed by atoms with Crippen molar-refractivity contribution in [2.45, 2.75) is 18.9 Å². The van der Waals surface area contributed by atoms with Gasteiger partial charge < -0.3 is 19.9 Å². The molecule has 0 aromatic carbocycles. The van der Waals surface area contributed by atoms with E-state index in [-0.39, 0.29) is 11.9 Å². The summed E-state index contributed by atoms with van der Waals surface area (Å²) in [6.07, 6.45) is 3.75. The number of likely N-dealkylation sites (N-methyl/N-ethyl adjacent to an activating group) is 1. The number of aromatic nitrogens is 2. The lowest BCUT2D eigenvalue weighted by molar-refractivity contribution is -0.131. The van der Waals surface area contributed by atoms with Gasteiger partial charge in [0.05, 0.1) is 13.2 Å². The summed E-state index contributed by atoms with van der Waals surface area (Å²) in [4.78, 5) is 16.3. The summed E-state index contributed by atoms with van der Waals surface area (Å²) in [5, 5.41) is 11.2. The molecule has 1 atom stereocenters. The molecule has 7 nitrogen and oxygen atoms in total. The van der Waals surface area contributed by atoms with Gasteiger partial charge in [-0.2, -0.15) is 5.10 Å². The molecule has 22 heavy (non-hydrogen) atoms. The lowest BCUT2D eigenvalue weighted by Gasteiger charge is -2.38. The number of carbonyl (C=O) groups is 1. The summed E-state index contributed by atoms with van der Waals surface area (Å²) in [7, 11) is 3.53. The van der Waals surface area contributed by atoms with E-state index in [1.807, 2.05) is 24.1 Å². The van der Waals surface area contributed by atoms with E-state index < -0.39 is 0 Å². The smallest absolute Gasteiger partial charge is 0.236 e. The zero-order valence-corrected chi connectivity index (χ0v) is 13.4. The van der Waals surface area contributed by atoms with Crippen LogP contribution in [0.5, 0.6) is 0 Å². The first kappa shape index (κ1) is 16.6. The van der Waals surface area contributed by atoms with E-state index in [4.69, 9.17) is 4.74 Å². The first-order valence-corrected chi connectivity index (χ1v) is 7.70. The van der Waals surface area contributed by atoms with Crippen LogP contribution < -0.4 is 10.2 Å². The van der Waals surface area contributed by atoms with E-state index >= 15 is 0 Å². The average molecular weight is 307 g/mol. The van der Waals surface area contributed by atoms with Gasteiger partial charge in [-0.3, -0.25) is 4.79 Å². The van der Waals surface area contributed by atoms with Crippen molar-refractivity contribution < 1.29 is 9.53 Å². The summed E-state index contributed by atoms with van der Waals surface area (Å²) < 4.78 is 4.96. The molecule has 122 valence electrons. The molecule has 0 bridgehead atoms. The standard InChI is InChI=1S/C15H25N5O2/c1-19(15(21)11-16-8-10-22-2)13-5-4-9-20(12-13)14-6-3-7-17-18-14/h3,6-7,13,16H,4-5,8-12H2,1-2H3. The molecule has 1 aromatic rings. The van der Waals surface area contributed by atoms with Gasteiger partial charge in [0.15, 0.2) is 5.82 Å². The Morgan fingerprint density at radius 2 is 2.45 bits per heavy atom. The maximum absolute atomic E-state index is 12.2. The van der Waals surface area contributed by atoms with Crippen molar-refractivity contribution in [3.63, 3.8) is 0 Å². The SMILES string of the molecule is COCCNCC(=O)N(C)C1CCCN(c2cccnn2)C1. The molecule has 7 heteroatoms. The lowest BCUT2D eigenvalue weighted by Crippen LogP contribution is -2.50. The second-order valence-electron chi connectivity index (χ2n) is 5.50. The number of piperidine rings is 1. The van der Waals surface area contributed by atoms with Crippen molar-refractivity contribution in [3.8, 4) is 0 Å². The van der Waals surface area contributed by atoms with Gasteiger partial charge in [-0.1, -0.05) is 0 Å². The van der Waals surface area contributed by atoms with Crippen LogP contribution in [0.4, 0.5) is 5.82 Å². The summed E-state index contributed by atoms with van der Waals surface area (Å²) in [6, 6.07) is 4.07. The fourth-order valence-electron chi connectivity index (χ4n) is 2.64. The third-order valence-electron chi connectivity index (χ3n) is 3.98. The Labute approximate surface area is 131 Å². The van der Waals surface area contributed by atoms with E-state index in [2.05, 4.69) is 20.4 Å². The number of nitrogens with one attached hydrogen (secondary N) is 1. The average Bonchev–Trinajstić information content (AvgIpc) is 2.59. The Morgan fingerprint density at radius 3 is 3.18 bits per heavy atom. The van der Waals surface area contributed by atoms with Crippen LogP contribution in [0.25, 0.3) is 0 Å². The summed E-state index contributed by atoms with van der Waals surface area (Å²) >= 11 is 0. The largest absolute Gasteiger partial charge is 0.383 e. The Balaban J connectivity index is 1.84. The molecular formula is C15H25N5O2. The van der Waals surface area contributed by atoms with Gasteiger partial charge in [0.2, 0.25) is 5.91 Å². The van der Waals surface area contributed by atoms with Gasteiger partial charge in [0.25, 0.3) is 0 Å². The summed E-state index contributed by atoms with van der Waals surface area (Å²) in [5.41, 5.74) is 0. The minimum atomic E-state index is 0.113. The van der Waals surface area contributed by atoms with Crippen molar-refractivity contribution in [3.05, 3.63) is 18.3 Å². The summed E-state index contributed by atoms with van der Waals surface area (Å²) in [5.74, 6) is 0.994. The van der Waals surface area contributed by atoms with Gasteiger partial charge in [0.1, 0.15) is 0 Å². The van der Waals surface area contributed by atoms with Gasteiger partial charge in [-0.25, -0.2) is 0 Å². The zero-order valence-electron chi connectivity index (χ0n) is 13.4. The molecule has 1 aliphatic heterocycles. The number of hydrogen-bond donors (Lipinski definition) is 1. The summed E-state index contributed by atoms with van der Waals surface area (Å²) in [6.45, 7) is 3.41. The van der Waals surface area contributed by atoms with Gasteiger partial charge >= 0.3 is 0 Å². The number of rotatable bonds is 7. The molecule has 0 aliphatic carbocycles. The predicted molar refractivity (Wildman–Crippen MR) is 84.8 cm³/mol. The normalized spacial score (nSPS) is 18.3. The molecule has 0 radical (unpaired) electrons. The van der Waals surface area contributed by atoms with Crippen LogP contribution in [-0.2, 0) is 9.53 Å². The topological polar surface area (TPSA) is 70.6 Å². The van der Waals surface area contributed by atoms with Crippen LogP contribution in [-0.4, -0.2) is 74.0 Å². The third kappa shape index (κ3) is 4.64. The van der Waals surface area contributed by atoms with Crippen LogP contribution in [0.3, 0.4) is 0 Å². The van der Waals surface area contributed by atoms with Gasteiger partial charge in [-0.05, 0) is 25.0 Å². The number of ether oxygens (including phenoxy) is 1. The molecule has 1 aromatic heterocycles. The molecule has 1 saturated heterocycles. The molecule has 2 heterocycles. The second-order valence-corrected chi connectivity index (χ2v) is 5.50. The maximum atomic E-state index is 12.2. The van der Waals surface area contributed by atoms with Crippen LogP contribution >= 0.6 is 0 Å². The minimum Gasteiger partial charge on any atom is -0.383 e. The minimum absolute atomic E-state index is 0.113. The number of carbonyl (C=O) groups excluding carboxylic acids is 1. The Bertz CT molecular complexity index is 457. The van der Waals surface area contributed by atoms with Crippen molar-refractivity contribution >= 4 is 11.7 Å². The van der Waals surface area contributed by atoms with Crippen molar-refractivity contribution in [1.29, 1.82) is 0 Å². The molecule has 1 N–H and O–H groups in total. The van der Waals surface area contributed by atoms with Crippen LogP contribution in [0.2, 0.25) is 0 Å². The first-order chi connectivity index (χ1) is 10.7. The number of methoxy groups -OCH3 is 1. The van der Waals surface area contributed by atoms with Crippen molar-refractivity contribution in [2.24, 2.45) is 0 Å². The van der Waals surface area contributed by atoms with Crippen LogP contribution in [0.1, 0.15) is 12.8 Å². The molecular weight excluding hydrogens is 282 g/mol. The monoisotopic (exact) mass is 307 g/mol. The van der Waals surface area contributed by atoms with E-state index in [9.17, 15) is 4.79 Å². The van der Waals surface area contributed by atoms with Crippen molar-refractivity contribution in [1.82, 2.24) is 20.4 Å². The molecule has 1 fully saturated rings. The second kappa shape index (κ2) is 8.65. The van der Waals surface area contributed by atoms with Crippen molar-refractivity contribution in [2.75, 3.05) is 51.8 Å². The fraction of sp³-hybridized carbons (Fsp3) is 0.667. The number of hydrogen-bond acceptors (Lipinski definition) is 6. The molecule has 1 aliphatic rings. The molecule has 1 unspecified atom stereocenters. The number of amides is 1. The highest BCUT2D eigenvalue weighted by Crippen LogP contribution is 2.19. The van der Waals surface area contributed by atoms with Gasteiger partial charge in [0, 0.05) is 46.0 Å². The molecule has 0 saturated carbocycles. The third-order valence-corrected chi connectivity index (χ3v) is 3.98. The number of anilines is 1. The first-order valence-electron chi connectivity index (χ1n) is 7.70. The van der Waals surface area contributed by atoms with E-state index in [1.54, 1.807) is 13.3 Å². The predicted octanol–water partition coefficient (Wildman–Crippen LogP) is 0.140. The maximum Gasteiger partial charge on any atom is 0.236 e. The molecule has 0 spiro atoms. The van der Waals surface area contributed by atoms with Gasteiger partial charge in [-0.15, -0.1) is 5.10 Å². The highest BCUT2D eigenvalue weighted by Gasteiger charge is 2.26. The highest BCUT2D eigenvalue weighted by molar-refractivity contribution is 5.78. The Hall–Kier alpha value is -1.73. The Morgan fingerprint density at radius 1 is 1.59 bits per heavy atom. The van der Waals surface area contributed by atoms with E-state index in [0.29, 0.717) is 19.7 Å². The van der Waals surface area contributed by atoms with E-state index in [0.717, 1.165) is 31.7 Å².